The van der Waals surface area contributed by atoms with Gasteiger partial charge in [0.1, 0.15) is 17.8 Å². The van der Waals surface area contributed by atoms with Crippen LogP contribution in [0.4, 0.5) is 11.4 Å². The van der Waals surface area contributed by atoms with E-state index >= 15 is 0 Å². The van der Waals surface area contributed by atoms with Crippen molar-refractivity contribution in [3.63, 3.8) is 0 Å². The molecule has 2 aromatic carbocycles. The third-order valence-electron chi connectivity index (χ3n) is 15.8. The summed E-state index contributed by atoms with van der Waals surface area (Å²) >= 11 is 0. The number of nitrogens with zero attached hydrogens (tertiary/aromatic N) is 2. The summed E-state index contributed by atoms with van der Waals surface area (Å²) in [5.41, 5.74) is 2.39. The molecule has 14 nitrogen and oxygen atoms in total. The van der Waals surface area contributed by atoms with Gasteiger partial charge in [-0.05, 0) is 84.3 Å². The fourth-order valence-electron chi connectivity index (χ4n) is 10.1. The number of ether oxygens (including phenoxy) is 3. The molecular weight excluding hydrogens is 913 g/mol. The maximum absolute atomic E-state index is 14.5. The van der Waals surface area contributed by atoms with Gasteiger partial charge in [-0.3, -0.25) is 19.2 Å². The number of carbonyl (C=O) groups excluding carboxylic acids is 4. The van der Waals surface area contributed by atoms with E-state index < -0.39 is 37.0 Å². The van der Waals surface area contributed by atoms with Gasteiger partial charge in [0.25, 0.3) is 20.1 Å². The summed E-state index contributed by atoms with van der Waals surface area (Å²) in [7, 11) is -5.23. The molecule has 4 aliphatic heterocycles. The van der Waals surface area contributed by atoms with Crippen molar-refractivity contribution in [2.75, 3.05) is 44.0 Å². The zero-order valence-electron chi connectivity index (χ0n) is 44.2. The summed E-state index contributed by atoms with van der Waals surface area (Å²) in [6.07, 6.45) is 2.62. The molecule has 68 heavy (non-hydrogen) atoms. The van der Waals surface area contributed by atoms with Crippen LogP contribution < -0.4 is 29.3 Å². The molecule has 0 spiro atoms. The number of fused-ring (bicyclic) bond motifs is 4. The molecule has 0 aromatic heterocycles. The number of methoxy groups -OCH3 is 1. The first kappa shape index (κ1) is 53.4. The quantitative estimate of drug-likeness (QED) is 0.109. The van der Waals surface area contributed by atoms with E-state index in [1.807, 2.05) is 0 Å². The van der Waals surface area contributed by atoms with Crippen molar-refractivity contribution in [1.29, 1.82) is 0 Å². The minimum Gasteiger partial charge on any atom is -0.540 e. The lowest BCUT2D eigenvalue weighted by atomic mass is 10.1. The van der Waals surface area contributed by atoms with E-state index in [1.54, 1.807) is 34.1 Å². The monoisotopic (exact) mass is 995 g/mol. The number of anilines is 2. The van der Waals surface area contributed by atoms with E-state index in [2.05, 4.69) is 120 Å². The molecule has 17 heteroatoms. The molecule has 2 N–H and O–H groups in total. The van der Waals surface area contributed by atoms with Crippen molar-refractivity contribution in [3.05, 3.63) is 35.4 Å². The molecule has 0 radical (unpaired) electrons. The third kappa shape index (κ3) is 10.7. The van der Waals surface area contributed by atoms with Gasteiger partial charge in [-0.2, -0.15) is 0 Å². The molecular formula is C51H82N4O10Si3. The maximum Gasteiger partial charge on any atom is 0.258 e. The Morgan fingerprint density at radius 3 is 1.34 bits per heavy atom. The minimum absolute atomic E-state index is 0.00406. The molecule has 2 fully saturated rings. The summed E-state index contributed by atoms with van der Waals surface area (Å²) in [6.45, 7) is 36.7. The van der Waals surface area contributed by atoms with Gasteiger partial charge in [0.05, 0.1) is 55.0 Å². The van der Waals surface area contributed by atoms with Crippen molar-refractivity contribution in [2.45, 2.75) is 192 Å². The minimum atomic E-state index is -2.51. The second-order valence-corrected chi connectivity index (χ2v) is 38.4. The summed E-state index contributed by atoms with van der Waals surface area (Å²) in [4.78, 5) is 59.2. The van der Waals surface area contributed by atoms with Gasteiger partial charge in [-0.1, -0.05) is 83.1 Å². The average Bonchev–Trinajstić information content (AvgIpc) is 3.81. The Hall–Kier alpha value is -3.91. The molecule has 4 heterocycles. The highest BCUT2D eigenvalue weighted by molar-refractivity contribution is 6.78. The number of nitrogens with one attached hydrogen (secondary N) is 2. The third-order valence-corrected chi connectivity index (χ3v) is 30.9. The van der Waals surface area contributed by atoms with E-state index in [0.717, 1.165) is 6.42 Å². The number of carbonyl (C=O) groups is 4. The highest BCUT2D eigenvalue weighted by Crippen LogP contribution is 2.48. The normalized spacial score (nSPS) is 21.3. The van der Waals surface area contributed by atoms with Gasteiger partial charge in [0.2, 0.25) is 11.8 Å². The van der Waals surface area contributed by atoms with E-state index in [-0.39, 0.29) is 62.5 Å². The van der Waals surface area contributed by atoms with Crippen LogP contribution in [0, 0.1) is 0 Å². The molecule has 4 aliphatic rings. The largest absolute Gasteiger partial charge is 0.540 e. The van der Waals surface area contributed by atoms with Gasteiger partial charge in [0, 0.05) is 38.1 Å². The van der Waals surface area contributed by atoms with Gasteiger partial charge < -0.3 is 47.9 Å². The fourth-order valence-corrected chi connectivity index (χ4v) is 18.0. The smallest absolute Gasteiger partial charge is 0.258 e. The highest BCUT2D eigenvalue weighted by Gasteiger charge is 2.51. The van der Waals surface area contributed by atoms with Crippen LogP contribution in [-0.2, 0) is 18.4 Å². The van der Waals surface area contributed by atoms with Gasteiger partial charge in [-0.25, -0.2) is 0 Å². The van der Waals surface area contributed by atoms with Crippen molar-refractivity contribution >= 4 is 60.0 Å². The lowest BCUT2D eigenvalue weighted by Gasteiger charge is -2.42. The number of rotatable bonds is 18. The first-order valence-electron chi connectivity index (χ1n) is 25.0. The summed E-state index contributed by atoms with van der Waals surface area (Å²) < 4.78 is 39.1. The molecule has 4 atom stereocenters. The SMILES string of the molecule is COc1cc2c(cc1OCCCCCOc1cc3c(cc1O[Si](C(C)C)(C(C)C)C(C)C)C(=O)N1C[C@H](O[Si](C)(C)C(C)(C)C)C[C@H]1C(=O)N3)NC(=O)[C@@H]1C[C@@H](O[Si](C)(C)C(C)(C)C)CN1C2=O. The van der Waals surface area contributed by atoms with Crippen LogP contribution in [0.3, 0.4) is 0 Å². The predicted molar refractivity (Wildman–Crippen MR) is 276 cm³/mol. The first-order chi connectivity index (χ1) is 31.5. The highest BCUT2D eigenvalue weighted by atomic mass is 28.4. The molecule has 0 saturated carbocycles. The molecule has 0 unspecified atom stereocenters. The van der Waals surface area contributed by atoms with E-state index in [1.165, 1.54) is 7.11 Å². The summed E-state index contributed by atoms with van der Waals surface area (Å²) in [5, 5.41) is 6.08. The maximum atomic E-state index is 14.5. The standard InChI is InChI=1S/C51H82N4O10Si3/c1-31(2)68(32(3)4,33(5)6)65-45-26-37-39(53-47(57)41-24-35(30-55(41)49(37)59)64-67(16,17)51(10,11)12)28-44(45)62-22-20-18-19-21-61-43-27-38-36(25-42(43)60-13)48(58)54-29-34(23-40(54)46(56)52-38)63-66(14,15)50(7,8)9/h25-28,31-35,40-41H,18-24,29-30H2,1-17H3,(H,52,56)(H,53,57)/t34-,35-,40+,41+/m1/s1. The number of amides is 4. The average molecular weight is 995 g/mol. The Morgan fingerprint density at radius 1 is 0.588 bits per heavy atom. The second kappa shape index (κ2) is 20.1. The topological polar surface area (TPSA) is 154 Å². The molecule has 378 valence electrons. The molecule has 4 amide bonds. The summed E-state index contributed by atoms with van der Waals surface area (Å²) in [5.74, 6) is 0.959. The Labute approximate surface area is 409 Å². The molecule has 6 rings (SSSR count). The van der Waals surface area contributed by atoms with E-state index in [0.29, 0.717) is 97.5 Å². The second-order valence-electron chi connectivity index (χ2n) is 23.5. The number of unbranched alkanes of at least 4 members (excludes halogenated alkanes) is 2. The van der Waals surface area contributed by atoms with Crippen molar-refractivity contribution < 1.29 is 46.7 Å². The van der Waals surface area contributed by atoms with Crippen molar-refractivity contribution in [2.24, 2.45) is 0 Å². The Bertz CT molecular complexity index is 2200. The Kier molecular flexibility index (Phi) is 15.8. The summed E-state index contributed by atoms with van der Waals surface area (Å²) in [6, 6.07) is 5.65. The predicted octanol–water partition coefficient (Wildman–Crippen LogP) is 11.0. The van der Waals surface area contributed by atoms with Gasteiger partial charge in [-0.15, -0.1) is 0 Å². The van der Waals surface area contributed by atoms with E-state index in [4.69, 9.17) is 27.5 Å². The van der Waals surface area contributed by atoms with E-state index in [9.17, 15) is 19.2 Å². The fraction of sp³-hybridized carbons (Fsp3) is 0.686. The van der Waals surface area contributed by atoms with Crippen LogP contribution in [0.25, 0.3) is 0 Å². The van der Waals surface area contributed by atoms with Crippen LogP contribution in [0.15, 0.2) is 24.3 Å². The number of hydrogen-bond acceptors (Lipinski definition) is 10. The zero-order chi connectivity index (χ0) is 50.5. The Morgan fingerprint density at radius 2 is 0.971 bits per heavy atom. The molecule has 0 bridgehead atoms. The lowest BCUT2D eigenvalue weighted by Crippen LogP contribution is -2.50. The van der Waals surface area contributed by atoms with Gasteiger partial charge >= 0.3 is 0 Å². The van der Waals surface area contributed by atoms with Gasteiger partial charge in [0.15, 0.2) is 33.9 Å². The molecule has 0 aliphatic carbocycles. The lowest BCUT2D eigenvalue weighted by molar-refractivity contribution is -0.120. The van der Waals surface area contributed by atoms with Crippen LogP contribution in [-0.4, -0.2) is 116 Å². The van der Waals surface area contributed by atoms with Crippen LogP contribution in [0.1, 0.15) is 136 Å². The van der Waals surface area contributed by atoms with Crippen LogP contribution in [0.5, 0.6) is 23.0 Å². The Balaban J connectivity index is 1.13. The van der Waals surface area contributed by atoms with Crippen molar-refractivity contribution in [1.82, 2.24) is 9.80 Å². The zero-order valence-corrected chi connectivity index (χ0v) is 47.2. The first-order valence-corrected chi connectivity index (χ1v) is 32.9. The van der Waals surface area contributed by atoms with Crippen molar-refractivity contribution in [3.8, 4) is 23.0 Å². The van der Waals surface area contributed by atoms with Crippen LogP contribution in [0.2, 0.25) is 52.9 Å². The molecule has 2 saturated heterocycles. The molecule has 2 aromatic rings. The van der Waals surface area contributed by atoms with Crippen LogP contribution >= 0.6 is 0 Å². The number of hydrogen-bond donors (Lipinski definition) is 2. The number of benzene rings is 2.